The topological polar surface area (TPSA) is 48.1 Å². The third-order valence-electron chi connectivity index (χ3n) is 2.89. The van der Waals surface area contributed by atoms with Crippen molar-refractivity contribution in [3.8, 4) is 5.75 Å². The number of rotatable bonds is 3. The summed E-state index contributed by atoms with van der Waals surface area (Å²) in [7, 11) is 0. The average molecular weight is 305 g/mol. The first kappa shape index (κ1) is 13.2. The lowest BCUT2D eigenvalue weighted by Gasteiger charge is -2.12. The third-order valence-corrected chi connectivity index (χ3v) is 4.30. The highest BCUT2D eigenvalue weighted by Gasteiger charge is 2.13. The molecule has 0 amide bonds. The molecule has 1 unspecified atom stereocenters. The van der Waals surface area contributed by atoms with E-state index in [0.717, 1.165) is 26.7 Å². The van der Waals surface area contributed by atoms with Gasteiger partial charge in [0.05, 0.1) is 10.2 Å². The molecule has 1 heterocycles. The van der Waals surface area contributed by atoms with E-state index in [9.17, 15) is 0 Å². The number of nitrogens with two attached hydrogens (primary N) is 1. The Morgan fingerprint density at radius 1 is 1.25 bits per heavy atom. The first-order valence-electron chi connectivity index (χ1n) is 6.20. The maximum atomic E-state index is 5.95. The van der Waals surface area contributed by atoms with Crippen LogP contribution < -0.4 is 10.5 Å². The van der Waals surface area contributed by atoms with E-state index < -0.39 is 0 Å². The van der Waals surface area contributed by atoms with Crippen LogP contribution in [0.2, 0.25) is 5.02 Å². The second-order valence-electron chi connectivity index (χ2n) is 4.50. The minimum atomic E-state index is -0.132. The second-order valence-corrected chi connectivity index (χ2v) is 6.00. The largest absolute Gasteiger partial charge is 0.483 e. The SMILES string of the molecule is CC(Oc1cccc(Cl)c1)c1nc2ccc(N)cc2s1. The highest BCUT2D eigenvalue weighted by Crippen LogP contribution is 2.31. The highest BCUT2D eigenvalue weighted by molar-refractivity contribution is 7.18. The predicted molar refractivity (Wildman–Crippen MR) is 84.5 cm³/mol. The Bertz CT molecular complexity index is 756. The van der Waals surface area contributed by atoms with Crippen LogP contribution in [0.5, 0.6) is 5.75 Å². The van der Waals surface area contributed by atoms with Gasteiger partial charge in [0, 0.05) is 10.7 Å². The van der Waals surface area contributed by atoms with Crippen molar-refractivity contribution >= 4 is 38.8 Å². The van der Waals surface area contributed by atoms with Gasteiger partial charge >= 0.3 is 0 Å². The van der Waals surface area contributed by atoms with Crippen LogP contribution in [-0.4, -0.2) is 4.98 Å². The molecule has 0 spiro atoms. The third kappa shape index (κ3) is 2.71. The lowest BCUT2D eigenvalue weighted by Crippen LogP contribution is -2.02. The molecule has 0 aliphatic heterocycles. The van der Waals surface area contributed by atoms with E-state index in [-0.39, 0.29) is 6.10 Å². The molecule has 20 heavy (non-hydrogen) atoms. The summed E-state index contributed by atoms with van der Waals surface area (Å²) in [4.78, 5) is 4.58. The summed E-state index contributed by atoms with van der Waals surface area (Å²) in [5.74, 6) is 0.740. The van der Waals surface area contributed by atoms with Gasteiger partial charge in [-0.1, -0.05) is 17.7 Å². The zero-order chi connectivity index (χ0) is 14.1. The fourth-order valence-corrected chi connectivity index (χ4v) is 3.10. The van der Waals surface area contributed by atoms with Gasteiger partial charge in [-0.05, 0) is 43.3 Å². The van der Waals surface area contributed by atoms with Gasteiger partial charge in [0.1, 0.15) is 16.9 Å². The van der Waals surface area contributed by atoms with Crippen molar-refractivity contribution in [1.29, 1.82) is 0 Å². The fourth-order valence-electron chi connectivity index (χ4n) is 1.93. The highest BCUT2D eigenvalue weighted by atomic mass is 35.5. The molecule has 2 aromatic carbocycles. The standard InChI is InChI=1S/C15H13ClN2OS/c1-9(19-12-4-2-3-10(16)7-12)15-18-13-6-5-11(17)8-14(13)20-15/h2-9H,17H2,1H3. The van der Waals surface area contributed by atoms with Gasteiger partial charge in [0.2, 0.25) is 0 Å². The van der Waals surface area contributed by atoms with E-state index in [2.05, 4.69) is 4.98 Å². The number of hydrogen-bond acceptors (Lipinski definition) is 4. The van der Waals surface area contributed by atoms with Crippen molar-refractivity contribution < 1.29 is 4.74 Å². The molecule has 1 atom stereocenters. The zero-order valence-electron chi connectivity index (χ0n) is 10.8. The number of aromatic nitrogens is 1. The Morgan fingerprint density at radius 2 is 2.10 bits per heavy atom. The Morgan fingerprint density at radius 3 is 2.90 bits per heavy atom. The number of nitrogens with zero attached hydrogens (tertiary/aromatic N) is 1. The predicted octanol–water partition coefficient (Wildman–Crippen LogP) is 4.67. The Hall–Kier alpha value is -1.78. The summed E-state index contributed by atoms with van der Waals surface area (Å²) >= 11 is 7.54. The van der Waals surface area contributed by atoms with Crippen molar-refractivity contribution in [2.45, 2.75) is 13.0 Å². The summed E-state index contributed by atoms with van der Waals surface area (Å²) < 4.78 is 6.94. The minimum absolute atomic E-state index is 0.132. The first-order valence-corrected chi connectivity index (χ1v) is 7.39. The average Bonchev–Trinajstić information content (AvgIpc) is 2.81. The monoisotopic (exact) mass is 304 g/mol. The zero-order valence-corrected chi connectivity index (χ0v) is 12.4. The Labute approximate surface area is 126 Å². The van der Waals surface area contributed by atoms with Gasteiger partial charge in [-0.2, -0.15) is 0 Å². The molecule has 0 bridgehead atoms. The van der Waals surface area contributed by atoms with Crippen LogP contribution in [0.25, 0.3) is 10.2 Å². The van der Waals surface area contributed by atoms with E-state index in [1.165, 1.54) is 0 Å². The quantitative estimate of drug-likeness (QED) is 0.715. The number of thiazole rings is 1. The maximum absolute atomic E-state index is 5.95. The molecular weight excluding hydrogens is 292 g/mol. The molecule has 0 aliphatic rings. The van der Waals surface area contributed by atoms with Crippen LogP contribution in [0, 0.1) is 0 Å². The molecule has 3 nitrogen and oxygen atoms in total. The van der Waals surface area contributed by atoms with Crippen LogP contribution in [0.15, 0.2) is 42.5 Å². The van der Waals surface area contributed by atoms with Crippen molar-refractivity contribution in [1.82, 2.24) is 4.98 Å². The Balaban J connectivity index is 1.86. The fraction of sp³-hybridized carbons (Fsp3) is 0.133. The van der Waals surface area contributed by atoms with Crippen LogP contribution >= 0.6 is 22.9 Å². The number of nitrogen functional groups attached to an aromatic ring is 1. The molecule has 102 valence electrons. The summed E-state index contributed by atoms with van der Waals surface area (Å²) in [5.41, 5.74) is 7.47. The molecule has 0 saturated heterocycles. The molecule has 0 radical (unpaired) electrons. The van der Waals surface area contributed by atoms with Gasteiger partial charge in [-0.3, -0.25) is 0 Å². The summed E-state index contributed by atoms with van der Waals surface area (Å²) in [6.07, 6.45) is -0.132. The molecule has 0 saturated carbocycles. The van der Waals surface area contributed by atoms with Crippen LogP contribution in [0.3, 0.4) is 0 Å². The number of hydrogen-bond donors (Lipinski definition) is 1. The van der Waals surface area contributed by atoms with Gasteiger partial charge in [-0.15, -0.1) is 11.3 Å². The summed E-state index contributed by atoms with van der Waals surface area (Å²) in [5, 5.41) is 1.58. The van der Waals surface area contributed by atoms with Gasteiger partial charge in [0.25, 0.3) is 0 Å². The smallest absolute Gasteiger partial charge is 0.147 e. The lowest BCUT2D eigenvalue weighted by atomic mass is 10.3. The minimum Gasteiger partial charge on any atom is -0.483 e. The number of halogens is 1. The van der Waals surface area contributed by atoms with E-state index in [1.807, 2.05) is 43.3 Å². The normalized spacial score (nSPS) is 12.5. The number of fused-ring (bicyclic) bond motifs is 1. The van der Waals surface area contributed by atoms with Gasteiger partial charge in [-0.25, -0.2) is 4.98 Å². The van der Waals surface area contributed by atoms with Crippen molar-refractivity contribution in [2.75, 3.05) is 5.73 Å². The van der Waals surface area contributed by atoms with Crippen LogP contribution in [-0.2, 0) is 0 Å². The van der Waals surface area contributed by atoms with Crippen molar-refractivity contribution in [3.63, 3.8) is 0 Å². The van der Waals surface area contributed by atoms with Crippen molar-refractivity contribution in [2.24, 2.45) is 0 Å². The van der Waals surface area contributed by atoms with E-state index in [4.69, 9.17) is 22.1 Å². The molecule has 0 aliphatic carbocycles. The van der Waals surface area contributed by atoms with E-state index in [0.29, 0.717) is 5.02 Å². The van der Waals surface area contributed by atoms with Crippen LogP contribution in [0.1, 0.15) is 18.0 Å². The van der Waals surface area contributed by atoms with Crippen LogP contribution in [0.4, 0.5) is 5.69 Å². The summed E-state index contributed by atoms with van der Waals surface area (Å²) in [6.45, 7) is 1.97. The lowest BCUT2D eigenvalue weighted by molar-refractivity contribution is 0.226. The van der Waals surface area contributed by atoms with Gasteiger partial charge < -0.3 is 10.5 Å². The molecule has 2 N–H and O–H groups in total. The number of anilines is 1. The molecule has 3 rings (SSSR count). The Kier molecular flexibility index (Phi) is 3.51. The molecule has 1 aromatic heterocycles. The van der Waals surface area contributed by atoms with E-state index in [1.54, 1.807) is 17.4 Å². The first-order chi connectivity index (χ1) is 9.61. The van der Waals surface area contributed by atoms with E-state index >= 15 is 0 Å². The number of ether oxygens (including phenoxy) is 1. The second kappa shape index (κ2) is 5.31. The molecule has 5 heteroatoms. The molecule has 0 fully saturated rings. The maximum Gasteiger partial charge on any atom is 0.147 e. The molecule has 3 aromatic rings. The van der Waals surface area contributed by atoms with Gasteiger partial charge in [0.15, 0.2) is 0 Å². The summed E-state index contributed by atoms with van der Waals surface area (Å²) in [6, 6.07) is 13.1. The van der Waals surface area contributed by atoms with Crippen molar-refractivity contribution in [3.05, 3.63) is 52.5 Å². The molecular formula is C15H13ClN2OS. The number of benzene rings is 2.